The van der Waals surface area contributed by atoms with E-state index < -0.39 is 152 Å². The highest BCUT2D eigenvalue weighted by Gasteiger charge is 2.52. The van der Waals surface area contributed by atoms with Crippen LogP contribution < -0.4 is 37.8 Å². The summed E-state index contributed by atoms with van der Waals surface area (Å²) in [5, 5.41) is 4.56. The average molecular weight is 1030 g/mol. The van der Waals surface area contributed by atoms with E-state index in [1.54, 1.807) is 0 Å². The molecule has 0 N–H and O–H groups in total. The summed E-state index contributed by atoms with van der Waals surface area (Å²) in [4.78, 5) is 0. The SMILES string of the molecule is Cc1cccc([PH+](c2cccc(C)c2C)c2cccc(C)c2C)c1C.Fc1c(F)c(F)c([B-](c2c(F)c(F)c(F)c(F)c2F)(c2c(F)c(F)c(F)c(F)c2F)c2c(F)c(F)c(F)c(F)c2F)c(F)c1F. The molecule has 7 aromatic carbocycles. The lowest BCUT2D eigenvalue weighted by atomic mass is 9.12. The summed E-state index contributed by atoms with van der Waals surface area (Å²) in [6.07, 6.45) is -7.22. The molecule has 0 bridgehead atoms. The summed E-state index contributed by atoms with van der Waals surface area (Å²) in [5.74, 6) is -71.4. The minimum Gasteiger partial charge on any atom is -0.207 e. The summed E-state index contributed by atoms with van der Waals surface area (Å²) in [5.41, 5.74) is -5.85. The van der Waals surface area contributed by atoms with Crippen LogP contribution in [0.5, 0.6) is 0 Å². The minimum atomic E-state index is -7.22. The first kappa shape index (κ1) is 53.0. The van der Waals surface area contributed by atoms with Crippen molar-refractivity contribution in [3.63, 3.8) is 0 Å². The van der Waals surface area contributed by atoms with Crippen LogP contribution in [0.15, 0.2) is 54.6 Å². The van der Waals surface area contributed by atoms with Crippen molar-refractivity contribution in [2.24, 2.45) is 0 Å². The van der Waals surface area contributed by atoms with Crippen molar-refractivity contribution in [3.05, 3.63) is 204 Å². The molecule has 0 aromatic heterocycles. The van der Waals surface area contributed by atoms with Gasteiger partial charge in [-0.1, -0.05) is 36.4 Å². The molecule has 0 unspecified atom stereocenters. The van der Waals surface area contributed by atoms with Crippen LogP contribution in [0, 0.1) is 158 Å². The van der Waals surface area contributed by atoms with E-state index in [0.29, 0.717) is 0 Å². The van der Waals surface area contributed by atoms with Crippen LogP contribution in [0.4, 0.5) is 87.8 Å². The molecule has 0 atom stereocenters. The van der Waals surface area contributed by atoms with E-state index in [2.05, 4.69) is 96.1 Å². The van der Waals surface area contributed by atoms with Gasteiger partial charge in [0.25, 0.3) is 0 Å². The lowest BCUT2D eigenvalue weighted by Crippen LogP contribution is -2.81. The Labute approximate surface area is 384 Å². The number of halogens is 20. The van der Waals surface area contributed by atoms with Gasteiger partial charge in [-0.05, 0) is 93.1 Å². The van der Waals surface area contributed by atoms with Crippen molar-refractivity contribution in [1.82, 2.24) is 0 Å². The number of benzene rings is 7. The van der Waals surface area contributed by atoms with Crippen molar-refractivity contribution in [2.75, 3.05) is 0 Å². The van der Waals surface area contributed by atoms with Gasteiger partial charge in [0.05, 0.1) is 7.92 Å². The Kier molecular flexibility index (Phi) is 14.7. The lowest BCUT2D eigenvalue weighted by molar-refractivity contribution is 0.378. The Hall–Kier alpha value is -6.37. The van der Waals surface area contributed by atoms with E-state index in [0.717, 1.165) is 0 Å². The molecule has 0 radical (unpaired) electrons. The topological polar surface area (TPSA) is 0 Å². The largest absolute Gasteiger partial charge is 0.207 e. The Balaban J connectivity index is 0.000000270. The van der Waals surface area contributed by atoms with Gasteiger partial charge < -0.3 is 0 Å². The van der Waals surface area contributed by atoms with Crippen LogP contribution in [-0.4, -0.2) is 6.15 Å². The molecule has 0 spiro atoms. The van der Waals surface area contributed by atoms with Gasteiger partial charge in [-0.25, -0.2) is 87.8 Å². The maximum Gasteiger partial charge on any atom is 0.200 e. The van der Waals surface area contributed by atoms with Gasteiger partial charge in [-0.2, -0.15) is 0 Å². The van der Waals surface area contributed by atoms with Crippen molar-refractivity contribution in [3.8, 4) is 0 Å². The van der Waals surface area contributed by atoms with Crippen molar-refractivity contribution >= 4 is 51.8 Å². The van der Waals surface area contributed by atoms with Crippen molar-refractivity contribution in [2.45, 2.75) is 41.5 Å². The molecule has 7 rings (SSSR count). The predicted molar refractivity (Wildman–Crippen MR) is 224 cm³/mol. The number of hydrogen-bond donors (Lipinski definition) is 0. The van der Waals surface area contributed by atoms with Gasteiger partial charge in [0.2, 0.25) is 0 Å². The Morgan fingerprint density at radius 2 is 0.400 bits per heavy atom. The summed E-state index contributed by atoms with van der Waals surface area (Å²) in [6.45, 7) is 13.5. The molecule has 70 heavy (non-hydrogen) atoms. The summed E-state index contributed by atoms with van der Waals surface area (Å²) < 4.78 is 294. The molecule has 0 amide bonds. The minimum absolute atomic E-state index is 1.03. The third-order valence-electron chi connectivity index (χ3n) is 12.3. The summed E-state index contributed by atoms with van der Waals surface area (Å²) >= 11 is 0. The molecular formula is C48H28BF20P. The van der Waals surface area contributed by atoms with Crippen LogP contribution >= 0.6 is 7.92 Å². The van der Waals surface area contributed by atoms with Crippen molar-refractivity contribution < 1.29 is 87.8 Å². The molecule has 0 aliphatic heterocycles. The number of aryl methyl sites for hydroxylation is 3. The second-order valence-corrected chi connectivity index (χ2v) is 18.3. The van der Waals surface area contributed by atoms with Gasteiger partial charge in [-0.3, -0.25) is 0 Å². The van der Waals surface area contributed by atoms with Gasteiger partial charge in [0.1, 0.15) is 68.6 Å². The Bertz CT molecular complexity index is 2790. The van der Waals surface area contributed by atoms with Gasteiger partial charge in [0, 0.05) is 0 Å². The van der Waals surface area contributed by atoms with Crippen LogP contribution in [0.1, 0.15) is 33.4 Å². The lowest BCUT2D eigenvalue weighted by Gasteiger charge is -2.44. The van der Waals surface area contributed by atoms with Crippen molar-refractivity contribution in [1.29, 1.82) is 0 Å². The second kappa shape index (κ2) is 19.4. The van der Waals surface area contributed by atoms with E-state index >= 15 is 35.1 Å². The monoisotopic (exact) mass is 1030 g/mol. The van der Waals surface area contributed by atoms with Crippen LogP contribution in [0.25, 0.3) is 0 Å². The molecule has 0 heterocycles. The van der Waals surface area contributed by atoms with E-state index in [-0.39, 0.29) is 0 Å². The zero-order chi connectivity index (χ0) is 52.5. The Morgan fingerprint density at radius 1 is 0.243 bits per heavy atom. The van der Waals surface area contributed by atoms with E-state index in [1.165, 1.54) is 49.3 Å². The van der Waals surface area contributed by atoms with E-state index in [9.17, 15) is 52.7 Å². The maximum absolute atomic E-state index is 15.4. The predicted octanol–water partition coefficient (Wildman–Crippen LogP) is 10.9. The van der Waals surface area contributed by atoms with Gasteiger partial charge in [0.15, 0.2) is 69.8 Å². The highest BCUT2D eigenvalue weighted by Crippen LogP contribution is 2.38. The highest BCUT2D eigenvalue weighted by atomic mass is 31.1. The highest BCUT2D eigenvalue weighted by molar-refractivity contribution is 7.80. The molecule has 0 fully saturated rings. The molecule has 0 saturated carbocycles. The molecule has 0 nitrogen and oxygen atoms in total. The smallest absolute Gasteiger partial charge is 0.200 e. The first-order valence-corrected chi connectivity index (χ1v) is 21.4. The fraction of sp³-hybridized carbons (Fsp3) is 0.125. The second-order valence-electron chi connectivity index (χ2n) is 15.9. The third-order valence-corrected chi connectivity index (χ3v) is 15.6. The molecule has 368 valence electrons. The molecule has 0 saturated heterocycles. The zero-order valence-corrected chi connectivity index (χ0v) is 37.3. The molecule has 0 aliphatic carbocycles. The fourth-order valence-corrected chi connectivity index (χ4v) is 11.8. The average Bonchev–Trinajstić information content (AvgIpc) is 3.33. The first-order chi connectivity index (χ1) is 32.6. The van der Waals surface area contributed by atoms with Crippen LogP contribution in [-0.2, 0) is 0 Å². The van der Waals surface area contributed by atoms with E-state index in [4.69, 9.17) is 0 Å². The molecular weight excluding hydrogens is 998 g/mol. The summed E-state index contributed by atoms with van der Waals surface area (Å²) in [6, 6.07) is 20.4. The number of rotatable bonds is 7. The Morgan fingerprint density at radius 3 is 0.571 bits per heavy atom. The van der Waals surface area contributed by atoms with Crippen LogP contribution in [0.2, 0.25) is 0 Å². The zero-order valence-electron chi connectivity index (χ0n) is 36.3. The first-order valence-electron chi connectivity index (χ1n) is 19.9. The van der Waals surface area contributed by atoms with E-state index in [1.807, 2.05) is 0 Å². The normalized spacial score (nSPS) is 11.7. The third kappa shape index (κ3) is 8.06. The molecule has 22 heteroatoms. The molecule has 0 aliphatic rings. The quantitative estimate of drug-likeness (QED) is 0.0491. The molecule has 7 aromatic rings. The van der Waals surface area contributed by atoms with Crippen LogP contribution in [0.3, 0.4) is 0 Å². The maximum atomic E-state index is 15.4. The standard InChI is InChI=1S/C24BF20.C24H27P/c26-5-1(6(27)14(35)21(42)13(5)34)25(2-7(28)15(36)22(43)16(37)8(2)29,3-9(30)17(38)23(44)18(39)10(3)31)4-11(32)19(40)24(45)20(41)12(4)33;1-16-10-7-13-22(19(16)4)25(23-14-8-11-17(2)20(23)5)24-15-9-12-18(3)21(24)6/h;7-15H,1-6H3/q-1;/p+1. The summed E-state index contributed by atoms with van der Waals surface area (Å²) in [7, 11) is -1.03. The van der Waals surface area contributed by atoms with Gasteiger partial charge >= 0.3 is 0 Å². The number of hydrogen-bond acceptors (Lipinski definition) is 0. The van der Waals surface area contributed by atoms with Gasteiger partial charge in [-0.15, -0.1) is 21.9 Å². The fourth-order valence-electron chi connectivity index (χ4n) is 8.38.